The predicted molar refractivity (Wildman–Crippen MR) is 119 cm³/mol. The van der Waals surface area contributed by atoms with Crippen molar-refractivity contribution in [3.8, 4) is 16.3 Å². The maximum Gasteiger partial charge on any atom is 0.00653 e. The Morgan fingerprint density at radius 1 is 1.34 bits per heavy atom. The SMILES string of the molecule is CC(C)(COc1ccc(-c2cc(C(N)=O)c(NC(=O)[AsH2])s2)cn1)CN1CCCC1. The zero-order valence-electron chi connectivity index (χ0n) is 16.7. The molecule has 0 aliphatic carbocycles. The number of hydrogen-bond donors (Lipinski definition) is 2. The van der Waals surface area contributed by atoms with Gasteiger partial charge in [0.1, 0.15) is 0 Å². The second kappa shape index (κ2) is 9.28. The number of hydrogen-bond acceptors (Lipinski definition) is 6. The number of rotatable bonds is 8. The largest absolute Gasteiger partial charge is 0.303 e. The van der Waals surface area contributed by atoms with Crippen LogP contribution in [-0.2, 0) is 0 Å². The number of nitrogens with zero attached hydrogens (tertiary/aromatic N) is 2. The van der Waals surface area contributed by atoms with Crippen molar-refractivity contribution in [2.45, 2.75) is 26.7 Å². The first-order chi connectivity index (χ1) is 13.7. The Bertz CT molecular complexity index is 876. The Hall–Kier alpha value is -1.89. The van der Waals surface area contributed by atoms with Crippen LogP contribution in [0.15, 0.2) is 24.4 Å². The third kappa shape index (κ3) is 6.04. The molecule has 156 valence electrons. The molecule has 1 atom stereocenters. The van der Waals surface area contributed by atoms with Crippen LogP contribution in [0.5, 0.6) is 5.88 Å². The summed E-state index contributed by atoms with van der Waals surface area (Å²) in [6, 6.07) is 5.40. The predicted octanol–water partition coefficient (Wildman–Crippen LogP) is 2.57. The van der Waals surface area contributed by atoms with Crippen molar-refractivity contribution >= 4 is 43.8 Å². The number of thiophene rings is 1. The van der Waals surface area contributed by atoms with Gasteiger partial charge >= 0.3 is 132 Å². The molecular formula is C20H27AsN4O3S. The fourth-order valence-electron chi connectivity index (χ4n) is 3.39. The summed E-state index contributed by atoms with van der Waals surface area (Å²) < 4.78 is 5.74. The molecule has 0 saturated carbocycles. The van der Waals surface area contributed by atoms with Gasteiger partial charge in [0.15, 0.2) is 0 Å². The molecule has 0 spiro atoms. The molecule has 0 bridgehead atoms. The minimum Gasteiger partial charge on any atom is -0.303 e. The van der Waals surface area contributed by atoms with Crippen molar-refractivity contribution < 1.29 is 14.3 Å². The molecule has 0 radical (unpaired) electrons. The molecule has 7 nitrogen and oxygen atoms in total. The van der Waals surface area contributed by atoms with Crippen LogP contribution < -0.4 is 15.8 Å². The molecule has 1 saturated heterocycles. The van der Waals surface area contributed by atoms with E-state index in [1.807, 2.05) is 12.1 Å². The molecule has 1 unspecified atom stereocenters. The molecule has 3 rings (SSSR count). The van der Waals surface area contributed by atoms with E-state index >= 15 is 0 Å². The first kappa shape index (κ1) is 21.8. The molecule has 3 N–H and O–H groups in total. The minimum atomic E-state index is -0.572. The Morgan fingerprint density at radius 2 is 2.07 bits per heavy atom. The number of nitrogens with one attached hydrogen (secondary N) is 1. The Kier molecular flexibility index (Phi) is 6.98. The number of aromatic nitrogens is 1. The smallest absolute Gasteiger partial charge is 0.00653 e. The van der Waals surface area contributed by atoms with Gasteiger partial charge in [0, 0.05) is 6.54 Å². The molecule has 3 heterocycles. The number of amides is 2. The molecule has 0 aromatic carbocycles. The van der Waals surface area contributed by atoms with Crippen LogP contribution in [0.4, 0.5) is 9.80 Å². The summed E-state index contributed by atoms with van der Waals surface area (Å²) in [5.41, 5.74) is 6.61. The van der Waals surface area contributed by atoms with Crippen LogP contribution in [0.2, 0.25) is 0 Å². The van der Waals surface area contributed by atoms with E-state index in [4.69, 9.17) is 10.5 Å². The van der Waals surface area contributed by atoms with Crippen LogP contribution in [0.3, 0.4) is 0 Å². The zero-order chi connectivity index (χ0) is 21.0. The average Bonchev–Trinajstić information content (AvgIpc) is 3.29. The van der Waals surface area contributed by atoms with Gasteiger partial charge in [-0.05, 0) is 25.9 Å². The van der Waals surface area contributed by atoms with Crippen LogP contribution in [0.1, 0.15) is 37.0 Å². The molecule has 1 aliphatic rings. The summed E-state index contributed by atoms with van der Waals surface area (Å²) in [4.78, 5) is 30.7. The van der Waals surface area contributed by atoms with Crippen LogP contribution in [0.25, 0.3) is 10.4 Å². The van der Waals surface area contributed by atoms with Gasteiger partial charge in [0.05, 0.1) is 0 Å². The van der Waals surface area contributed by atoms with E-state index in [-0.39, 0.29) is 10.1 Å². The van der Waals surface area contributed by atoms with Crippen LogP contribution in [0, 0.1) is 5.41 Å². The number of anilines is 1. The van der Waals surface area contributed by atoms with Crippen molar-refractivity contribution in [3.05, 3.63) is 30.0 Å². The first-order valence-electron chi connectivity index (χ1n) is 9.55. The van der Waals surface area contributed by atoms with Crippen molar-refractivity contribution in [1.82, 2.24) is 9.88 Å². The van der Waals surface area contributed by atoms with Crippen LogP contribution in [-0.4, -0.2) is 63.6 Å². The molecule has 1 fully saturated rings. The molecule has 29 heavy (non-hydrogen) atoms. The number of primary amides is 1. The minimum absolute atomic E-state index is 0.0452. The van der Waals surface area contributed by atoms with E-state index < -0.39 is 5.91 Å². The van der Waals surface area contributed by atoms with E-state index in [1.165, 1.54) is 37.3 Å². The number of nitrogens with two attached hydrogens (primary N) is 1. The van der Waals surface area contributed by atoms with Gasteiger partial charge in [-0.15, -0.1) is 0 Å². The second-order valence-corrected chi connectivity index (χ2v) is 10.2. The standard InChI is InChI=1S/C20H27AsN4O3S/c1-20(2,11-25-7-3-4-8-25)12-28-16-6-5-13(10-23-16)15-9-14(17(22)26)18(29-15)24-19(21)27/h5-6,9-10H,3-4,7-8,11-12,21H2,1-2H3,(H2,22,26)(H,24,27). The van der Waals surface area contributed by atoms with Crippen molar-refractivity contribution in [2.24, 2.45) is 11.1 Å². The number of carbonyl (C=O) groups excluding carboxylic acids is 2. The maximum atomic E-state index is 11.6. The molecule has 2 amide bonds. The van der Waals surface area contributed by atoms with E-state index in [9.17, 15) is 9.59 Å². The normalized spacial score (nSPS) is 14.7. The van der Waals surface area contributed by atoms with Gasteiger partial charge in [-0.25, -0.2) is 0 Å². The van der Waals surface area contributed by atoms with Crippen molar-refractivity contribution in [2.75, 3.05) is 31.6 Å². The monoisotopic (exact) mass is 478 g/mol. The number of pyridine rings is 1. The van der Waals surface area contributed by atoms with Crippen LogP contribution >= 0.6 is 11.3 Å². The Labute approximate surface area is 183 Å². The van der Waals surface area contributed by atoms with Crippen molar-refractivity contribution in [1.29, 1.82) is 0 Å². The molecule has 1 aliphatic heterocycles. The molecular weight excluding hydrogens is 451 g/mol. The zero-order valence-corrected chi connectivity index (χ0v) is 20.0. The van der Waals surface area contributed by atoms with E-state index in [1.54, 1.807) is 12.3 Å². The molecule has 2 aromatic heterocycles. The number of ether oxygens (including phenoxy) is 1. The van der Waals surface area contributed by atoms with Gasteiger partial charge in [-0.3, -0.25) is 0 Å². The number of carbonyl (C=O) groups is 2. The van der Waals surface area contributed by atoms with Gasteiger partial charge in [0.25, 0.3) is 0 Å². The fraction of sp³-hybridized carbons (Fsp3) is 0.450. The summed E-state index contributed by atoms with van der Waals surface area (Å²) in [5.74, 6) is -0.00314. The second-order valence-electron chi connectivity index (χ2n) is 8.03. The summed E-state index contributed by atoms with van der Waals surface area (Å²) in [7, 11) is 0. The van der Waals surface area contributed by atoms with Gasteiger partial charge in [-0.2, -0.15) is 0 Å². The first-order valence-corrected chi connectivity index (χ1v) is 11.6. The van der Waals surface area contributed by atoms with Crippen molar-refractivity contribution in [3.63, 3.8) is 0 Å². The quantitative estimate of drug-likeness (QED) is 0.569. The summed E-state index contributed by atoms with van der Waals surface area (Å²) in [5, 5.41) is 3.14. The average molecular weight is 478 g/mol. The van der Waals surface area contributed by atoms with E-state index in [0.29, 0.717) is 23.1 Å². The van der Waals surface area contributed by atoms with Gasteiger partial charge in [-0.1, -0.05) is 13.8 Å². The van der Waals surface area contributed by atoms with Gasteiger partial charge in [0.2, 0.25) is 0 Å². The fourth-order valence-corrected chi connectivity index (χ4v) is 4.97. The Balaban J connectivity index is 1.65. The maximum absolute atomic E-state index is 11.6. The summed E-state index contributed by atoms with van der Waals surface area (Å²) in [6.45, 7) is 8.37. The molecule has 9 heteroatoms. The number of likely N-dealkylation sites (tertiary alicyclic amines) is 1. The van der Waals surface area contributed by atoms with Gasteiger partial charge < -0.3 is 4.90 Å². The topological polar surface area (TPSA) is 97.5 Å². The Morgan fingerprint density at radius 3 is 2.66 bits per heavy atom. The molecule has 2 aromatic rings. The third-order valence-corrected chi connectivity index (χ3v) is 6.12. The summed E-state index contributed by atoms with van der Waals surface area (Å²) in [6.07, 6.45) is 4.27. The van der Waals surface area contributed by atoms with E-state index in [2.05, 4.69) is 29.0 Å². The third-order valence-electron chi connectivity index (χ3n) is 4.72. The van der Waals surface area contributed by atoms with E-state index in [0.717, 1.165) is 33.8 Å². The summed E-state index contributed by atoms with van der Waals surface area (Å²) >= 11 is 2.22.